The van der Waals surface area contributed by atoms with Crippen LogP contribution in [0.2, 0.25) is 0 Å². The van der Waals surface area contributed by atoms with Gasteiger partial charge in [0.15, 0.2) is 17.9 Å². The molecule has 0 amide bonds. The maximum atomic E-state index is 13.6. The van der Waals surface area contributed by atoms with Crippen LogP contribution in [-0.4, -0.2) is 86.7 Å². The molecular formula is C27H29NO12Zn. The Morgan fingerprint density at radius 1 is 1.15 bits per heavy atom. The Balaban J connectivity index is 0.00000189. The Bertz CT molecular complexity index is 1400. The number of carbonyl (C=O) groups excluding carboxylic acids is 3. The number of nitrogens with two attached hydrogens (primary N) is 1. The normalized spacial score (nSPS) is 28.5. The maximum absolute atomic E-state index is 13.6. The number of aliphatic hydroxyl groups excluding tert-OH is 2. The van der Waals surface area contributed by atoms with Gasteiger partial charge < -0.3 is 45.5 Å². The van der Waals surface area contributed by atoms with E-state index in [-0.39, 0.29) is 52.7 Å². The number of fused-ring (bicyclic) bond motifs is 3. The van der Waals surface area contributed by atoms with E-state index in [1.807, 2.05) is 0 Å². The molecule has 216 valence electrons. The summed E-state index contributed by atoms with van der Waals surface area (Å²) in [6, 6.07) is 3.64. The van der Waals surface area contributed by atoms with E-state index in [0.717, 1.165) is 0 Å². The van der Waals surface area contributed by atoms with Crippen molar-refractivity contribution in [3.05, 3.63) is 51.6 Å². The number of carbonyl (C=O) groups is 3. The Morgan fingerprint density at radius 2 is 1.80 bits per heavy atom. The van der Waals surface area contributed by atoms with Gasteiger partial charge in [-0.05, 0) is 13.0 Å². The average molecular weight is 625 g/mol. The molecule has 1 aliphatic heterocycles. The SMILES string of the molecule is COc1cccc2c1C(=O)c1c(O)c3c(c(O)c1C2=O)C[C@@](O)(C(=O)CO)C[C@@H]3OC1CC(N)C(O)C(C)O1.[O]=[Zn]. The van der Waals surface area contributed by atoms with Crippen molar-refractivity contribution in [2.75, 3.05) is 13.7 Å². The molecule has 41 heavy (non-hydrogen) atoms. The Labute approximate surface area is 243 Å². The fourth-order valence-electron chi connectivity index (χ4n) is 5.75. The van der Waals surface area contributed by atoms with Crippen molar-refractivity contribution in [2.24, 2.45) is 5.73 Å². The third kappa shape index (κ3) is 5.03. The minimum absolute atomic E-state index is 0.0173. The van der Waals surface area contributed by atoms with Crippen molar-refractivity contribution < 1.29 is 76.0 Å². The predicted molar refractivity (Wildman–Crippen MR) is 132 cm³/mol. The molecule has 2 aromatic rings. The summed E-state index contributed by atoms with van der Waals surface area (Å²) in [6.45, 7) is 0.560. The number of ether oxygens (including phenoxy) is 3. The van der Waals surface area contributed by atoms with Crippen LogP contribution < -0.4 is 10.5 Å². The van der Waals surface area contributed by atoms with Crippen LogP contribution in [0, 0.1) is 0 Å². The molecule has 0 bridgehead atoms. The minimum atomic E-state index is -2.24. The molecule has 0 spiro atoms. The van der Waals surface area contributed by atoms with Crippen molar-refractivity contribution >= 4 is 17.3 Å². The van der Waals surface area contributed by atoms with E-state index in [0.29, 0.717) is 0 Å². The molecule has 7 N–H and O–H groups in total. The van der Waals surface area contributed by atoms with Crippen LogP contribution in [0.25, 0.3) is 0 Å². The summed E-state index contributed by atoms with van der Waals surface area (Å²) in [5.74, 6) is -3.77. The quantitative estimate of drug-likeness (QED) is 0.161. The Hall–Kier alpha value is -2.97. The second kappa shape index (κ2) is 11.7. The third-order valence-electron chi connectivity index (χ3n) is 7.81. The molecule has 5 rings (SSSR count). The molecule has 6 atom stereocenters. The monoisotopic (exact) mass is 623 g/mol. The van der Waals surface area contributed by atoms with E-state index >= 15 is 0 Å². The second-order valence-electron chi connectivity index (χ2n) is 10.2. The number of phenolic OH excluding ortho intramolecular Hbond substituents is 2. The van der Waals surface area contributed by atoms with Crippen LogP contribution in [0.15, 0.2) is 18.2 Å². The average Bonchev–Trinajstić information content (AvgIpc) is 2.96. The number of hydrogen-bond acceptors (Lipinski definition) is 13. The molecule has 14 heteroatoms. The molecule has 1 heterocycles. The van der Waals surface area contributed by atoms with Gasteiger partial charge in [0.05, 0.1) is 42.1 Å². The summed E-state index contributed by atoms with van der Waals surface area (Å²) in [7, 11) is 1.32. The fourth-order valence-corrected chi connectivity index (χ4v) is 5.75. The van der Waals surface area contributed by atoms with E-state index in [9.17, 15) is 39.9 Å². The summed E-state index contributed by atoms with van der Waals surface area (Å²) in [5.41, 5.74) is 2.37. The van der Waals surface area contributed by atoms with Gasteiger partial charge in [-0.25, -0.2) is 0 Å². The standard InChI is InChI=1S/C27H29NO11.O.Zn/c1-10-22(31)13(28)6-17(38-10)39-15-8-27(36,16(30)9-29)7-12-19(15)26(35)21-20(24(12)33)23(32)11-4-3-5-14(37-2)18(11)25(21)34;;/h3-5,10,13,15,17,22,29,31,33,35-36H,6-9,28H2,1-2H3;;/t10?,13?,15-,17?,22?,27-;;/m0../s1. The van der Waals surface area contributed by atoms with E-state index in [2.05, 4.69) is 0 Å². The molecule has 0 aromatic heterocycles. The number of aliphatic hydroxyl groups is 3. The Kier molecular flexibility index (Phi) is 8.86. The number of aromatic hydroxyl groups is 2. The topological polar surface area (TPSA) is 223 Å². The molecule has 0 saturated carbocycles. The molecular weight excluding hydrogens is 596 g/mol. The summed E-state index contributed by atoms with van der Waals surface area (Å²) in [6.07, 6.45) is -5.12. The van der Waals surface area contributed by atoms with Crippen LogP contribution >= 0.6 is 0 Å². The van der Waals surface area contributed by atoms with Gasteiger partial charge in [-0.3, -0.25) is 14.4 Å². The Morgan fingerprint density at radius 3 is 2.41 bits per heavy atom. The number of phenols is 2. The zero-order valence-electron chi connectivity index (χ0n) is 22.3. The van der Waals surface area contributed by atoms with Crippen LogP contribution in [0.3, 0.4) is 0 Å². The molecule has 2 aliphatic carbocycles. The number of Topliss-reactive ketones (excluding diaryl/α,β-unsaturated/α-hetero) is 1. The van der Waals surface area contributed by atoms with Gasteiger partial charge in [0.25, 0.3) is 0 Å². The van der Waals surface area contributed by atoms with Crippen LogP contribution in [0.5, 0.6) is 17.2 Å². The second-order valence-corrected chi connectivity index (χ2v) is 10.2. The summed E-state index contributed by atoms with van der Waals surface area (Å²) in [5, 5.41) is 53.7. The first-order chi connectivity index (χ1) is 19.4. The van der Waals surface area contributed by atoms with Gasteiger partial charge in [0.1, 0.15) is 29.5 Å². The van der Waals surface area contributed by atoms with Crippen molar-refractivity contribution in [1.82, 2.24) is 0 Å². The number of rotatable bonds is 5. The van der Waals surface area contributed by atoms with E-state index < -0.39 is 95.7 Å². The van der Waals surface area contributed by atoms with Gasteiger partial charge in [0, 0.05) is 42.0 Å². The zero-order valence-corrected chi connectivity index (χ0v) is 25.3. The van der Waals surface area contributed by atoms with Crippen LogP contribution in [0.4, 0.5) is 0 Å². The summed E-state index contributed by atoms with van der Waals surface area (Å²) < 4.78 is 25.4. The zero-order chi connectivity index (χ0) is 30.4. The number of benzene rings is 2. The molecule has 2 aromatic carbocycles. The number of ketones is 3. The first-order valence-corrected chi connectivity index (χ1v) is 13.9. The first-order valence-electron chi connectivity index (χ1n) is 12.7. The van der Waals surface area contributed by atoms with E-state index in [4.69, 9.17) is 23.5 Å². The van der Waals surface area contributed by atoms with Crippen LogP contribution in [-0.2, 0) is 42.5 Å². The summed E-state index contributed by atoms with van der Waals surface area (Å²) in [4.78, 5) is 39.7. The number of hydrogen-bond donors (Lipinski definition) is 6. The predicted octanol–water partition coefficient (Wildman–Crippen LogP) is -0.120. The van der Waals surface area contributed by atoms with Gasteiger partial charge in [-0.15, -0.1) is 0 Å². The van der Waals surface area contributed by atoms with Crippen molar-refractivity contribution in [1.29, 1.82) is 0 Å². The van der Waals surface area contributed by atoms with Crippen molar-refractivity contribution in [3.8, 4) is 17.2 Å². The molecule has 4 unspecified atom stereocenters. The van der Waals surface area contributed by atoms with Gasteiger partial charge in [-0.2, -0.15) is 0 Å². The van der Waals surface area contributed by atoms with Gasteiger partial charge in [0.2, 0.25) is 5.78 Å². The van der Waals surface area contributed by atoms with Crippen LogP contribution in [0.1, 0.15) is 68.8 Å². The molecule has 3 aliphatic rings. The fraction of sp³-hybridized carbons (Fsp3) is 0.444. The van der Waals surface area contributed by atoms with Gasteiger partial charge >= 0.3 is 21.8 Å². The molecule has 13 nitrogen and oxygen atoms in total. The third-order valence-corrected chi connectivity index (χ3v) is 7.81. The van der Waals surface area contributed by atoms with Crippen molar-refractivity contribution in [2.45, 2.75) is 62.4 Å². The number of methoxy groups -OCH3 is 1. The van der Waals surface area contributed by atoms with Gasteiger partial charge in [-0.1, -0.05) is 12.1 Å². The molecule has 1 saturated heterocycles. The molecule has 0 radical (unpaired) electrons. The van der Waals surface area contributed by atoms with Crippen molar-refractivity contribution in [3.63, 3.8) is 0 Å². The van der Waals surface area contributed by atoms with E-state index in [1.165, 1.54) is 25.3 Å². The van der Waals surface area contributed by atoms with E-state index in [1.54, 1.807) is 6.92 Å². The first kappa shape index (κ1) is 31.0. The molecule has 1 fully saturated rings. The summed E-state index contributed by atoms with van der Waals surface area (Å²) >= 11 is 0.125.